The number of ether oxygens (including phenoxy) is 1. The molecule has 26 heavy (non-hydrogen) atoms. The van der Waals surface area contributed by atoms with E-state index in [1.807, 2.05) is 19.1 Å². The van der Waals surface area contributed by atoms with Gasteiger partial charge in [0, 0.05) is 13.7 Å². The molecule has 2 aromatic rings. The fourth-order valence-corrected chi connectivity index (χ4v) is 4.66. The molecule has 138 valence electrons. The van der Waals surface area contributed by atoms with E-state index in [1.54, 1.807) is 36.4 Å². The summed E-state index contributed by atoms with van der Waals surface area (Å²) in [5.41, 5.74) is 2.26. The van der Waals surface area contributed by atoms with Gasteiger partial charge in [0.1, 0.15) is 6.73 Å². The van der Waals surface area contributed by atoms with Crippen LogP contribution in [0.4, 0.5) is 5.69 Å². The van der Waals surface area contributed by atoms with E-state index < -0.39 is 15.9 Å². The number of methoxy groups -OCH3 is 1. The minimum absolute atomic E-state index is 0.128. The van der Waals surface area contributed by atoms with E-state index in [0.29, 0.717) is 17.7 Å². The maximum absolute atomic E-state index is 13.1. The third-order valence-electron chi connectivity index (χ3n) is 4.52. The summed E-state index contributed by atoms with van der Waals surface area (Å²) in [5, 5.41) is 2.71. The maximum Gasteiger partial charge on any atom is 0.264 e. The van der Waals surface area contributed by atoms with Gasteiger partial charge in [0.15, 0.2) is 0 Å². The highest BCUT2D eigenvalue weighted by Crippen LogP contribution is 2.38. The molecule has 0 saturated carbocycles. The number of para-hydroxylation sites is 1. The molecule has 0 radical (unpaired) electrons. The van der Waals surface area contributed by atoms with Gasteiger partial charge in [0.25, 0.3) is 10.0 Å². The quantitative estimate of drug-likeness (QED) is 0.816. The van der Waals surface area contributed by atoms with Crippen molar-refractivity contribution in [2.24, 2.45) is 0 Å². The molecule has 0 aliphatic carbocycles. The Morgan fingerprint density at radius 1 is 1.19 bits per heavy atom. The van der Waals surface area contributed by atoms with E-state index in [1.165, 1.54) is 11.4 Å². The molecule has 6 nitrogen and oxygen atoms in total. The van der Waals surface area contributed by atoms with Crippen LogP contribution in [-0.4, -0.2) is 34.7 Å². The second-order valence-corrected chi connectivity index (χ2v) is 8.13. The number of aryl methyl sites for hydroxylation is 1. The lowest BCUT2D eigenvalue weighted by Crippen LogP contribution is -2.41. The summed E-state index contributed by atoms with van der Waals surface area (Å²) in [6.45, 7) is 2.29. The average Bonchev–Trinajstić information content (AvgIpc) is 2.65. The molecule has 1 aliphatic heterocycles. The first kappa shape index (κ1) is 18.4. The lowest BCUT2D eigenvalue weighted by Gasteiger charge is -2.34. The van der Waals surface area contributed by atoms with Crippen molar-refractivity contribution in [3.8, 4) is 0 Å². The first-order valence-corrected chi connectivity index (χ1v) is 9.84. The van der Waals surface area contributed by atoms with Crippen LogP contribution < -0.4 is 9.62 Å². The average molecular weight is 374 g/mol. The van der Waals surface area contributed by atoms with Crippen molar-refractivity contribution in [2.75, 3.05) is 24.7 Å². The number of rotatable bonds is 5. The van der Waals surface area contributed by atoms with Crippen LogP contribution in [0.1, 0.15) is 23.5 Å². The lowest BCUT2D eigenvalue weighted by molar-refractivity contribution is -0.124. The second kappa shape index (κ2) is 7.47. The monoisotopic (exact) mass is 374 g/mol. The molecule has 1 aliphatic rings. The van der Waals surface area contributed by atoms with Crippen LogP contribution in [0.2, 0.25) is 0 Å². The molecule has 0 fully saturated rings. The Morgan fingerprint density at radius 3 is 2.58 bits per heavy atom. The van der Waals surface area contributed by atoms with Crippen molar-refractivity contribution >= 4 is 21.6 Å². The predicted molar refractivity (Wildman–Crippen MR) is 99.5 cm³/mol. The SMILES string of the molecule is COCNC(=O)C1CCN(S(=O)(=O)c2ccc(C)cc2)c2ccccc21. The summed E-state index contributed by atoms with van der Waals surface area (Å²) in [5.74, 6) is -0.558. The fourth-order valence-electron chi connectivity index (χ4n) is 3.16. The number of hydrogen-bond acceptors (Lipinski definition) is 4. The molecule has 3 rings (SSSR count). The first-order chi connectivity index (χ1) is 12.4. The van der Waals surface area contributed by atoms with Crippen LogP contribution in [0.5, 0.6) is 0 Å². The van der Waals surface area contributed by atoms with Crippen molar-refractivity contribution in [1.82, 2.24) is 5.32 Å². The van der Waals surface area contributed by atoms with Gasteiger partial charge in [-0.1, -0.05) is 35.9 Å². The number of nitrogens with one attached hydrogen (secondary N) is 1. The molecule has 1 N–H and O–H groups in total. The molecule has 1 atom stereocenters. The van der Waals surface area contributed by atoms with Crippen LogP contribution in [-0.2, 0) is 19.6 Å². The smallest absolute Gasteiger partial charge is 0.264 e. The number of carbonyl (C=O) groups excluding carboxylic acids is 1. The van der Waals surface area contributed by atoms with E-state index in [-0.39, 0.29) is 24.1 Å². The molecule has 0 bridgehead atoms. The number of amides is 1. The number of carbonyl (C=O) groups is 1. The zero-order valence-electron chi connectivity index (χ0n) is 14.8. The summed E-state index contributed by atoms with van der Waals surface area (Å²) >= 11 is 0. The van der Waals surface area contributed by atoms with Crippen molar-refractivity contribution in [2.45, 2.75) is 24.2 Å². The van der Waals surface area contributed by atoms with Gasteiger partial charge in [-0.05, 0) is 37.1 Å². The Morgan fingerprint density at radius 2 is 1.88 bits per heavy atom. The summed E-state index contributed by atoms with van der Waals surface area (Å²) < 4.78 is 32.5. The largest absolute Gasteiger partial charge is 0.364 e. The van der Waals surface area contributed by atoms with Gasteiger partial charge >= 0.3 is 0 Å². The van der Waals surface area contributed by atoms with Crippen molar-refractivity contribution in [1.29, 1.82) is 0 Å². The highest BCUT2D eigenvalue weighted by atomic mass is 32.2. The Labute approximate surface area is 153 Å². The summed E-state index contributed by atoms with van der Waals surface area (Å²) in [7, 11) is -2.18. The zero-order valence-corrected chi connectivity index (χ0v) is 15.6. The summed E-state index contributed by atoms with van der Waals surface area (Å²) in [4.78, 5) is 12.7. The molecule has 0 aromatic heterocycles. The normalized spacial score (nSPS) is 16.8. The Bertz CT molecular complexity index is 894. The zero-order chi connectivity index (χ0) is 18.7. The molecule has 1 heterocycles. The van der Waals surface area contributed by atoms with Gasteiger partial charge in [0.2, 0.25) is 5.91 Å². The second-order valence-electron chi connectivity index (χ2n) is 6.26. The fraction of sp³-hybridized carbons (Fsp3) is 0.316. The van der Waals surface area contributed by atoms with Crippen molar-refractivity contribution in [3.63, 3.8) is 0 Å². The number of fused-ring (bicyclic) bond motifs is 1. The third kappa shape index (κ3) is 3.45. The van der Waals surface area contributed by atoms with Crippen molar-refractivity contribution in [3.05, 3.63) is 59.7 Å². The van der Waals surface area contributed by atoms with Gasteiger partial charge < -0.3 is 10.1 Å². The molecular weight excluding hydrogens is 352 g/mol. The standard InChI is InChI=1S/C19H22N2O4S/c1-14-7-9-15(10-8-14)26(23,24)21-12-11-17(19(22)20-13-25-2)16-5-3-4-6-18(16)21/h3-10,17H,11-13H2,1-2H3,(H,20,22). The van der Waals surface area contributed by atoms with E-state index in [9.17, 15) is 13.2 Å². The van der Waals surface area contributed by atoms with E-state index in [0.717, 1.165) is 5.56 Å². The van der Waals surface area contributed by atoms with E-state index in [4.69, 9.17) is 4.74 Å². The molecule has 0 saturated heterocycles. The Kier molecular flexibility index (Phi) is 5.29. The Balaban J connectivity index is 1.97. The molecule has 7 heteroatoms. The molecule has 2 aromatic carbocycles. The van der Waals surface area contributed by atoms with Crippen LogP contribution >= 0.6 is 0 Å². The highest BCUT2D eigenvalue weighted by molar-refractivity contribution is 7.92. The third-order valence-corrected chi connectivity index (χ3v) is 6.35. The summed E-state index contributed by atoms with van der Waals surface area (Å²) in [6, 6.07) is 14.0. The predicted octanol–water partition coefficient (Wildman–Crippen LogP) is 2.40. The van der Waals surface area contributed by atoms with Crippen LogP contribution in [0.3, 0.4) is 0 Å². The van der Waals surface area contributed by atoms with Crippen molar-refractivity contribution < 1.29 is 17.9 Å². The van der Waals surface area contributed by atoms with Gasteiger partial charge in [-0.25, -0.2) is 8.42 Å². The first-order valence-electron chi connectivity index (χ1n) is 8.40. The van der Waals surface area contributed by atoms with Crippen LogP contribution in [0.25, 0.3) is 0 Å². The topological polar surface area (TPSA) is 75.7 Å². The van der Waals surface area contributed by atoms with Crippen LogP contribution in [0.15, 0.2) is 53.4 Å². The number of anilines is 1. The Hall–Kier alpha value is -2.38. The number of hydrogen-bond donors (Lipinski definition) is 1. The molecule has 1 amide bonds. The minimum Gasteiger partial charge on any atom is -0.364 e. The number of sulfonamides is 1. The summed E-state index contributed by atoms with van der Waals surface area (Å²) in [6.07, 6.45) is 0.414. The van der Waals surface area contributed by atoms with Gasteiger partial charge in [0.05, 0.1) is 16.5 Å². The van der Waals surface area contributed by atoms with Crippen LogP contribution in [0, 0.1) is 6.92 Å². The molecule has 1 unspecified atom stereocenters. The minimum atomic E-state index is -3.68. The number of benzene rings is 2. The van der Waals surface area contributed by atoms with Gasteiger partial charge in [-0.2, -0.15) is 0 Å². The molecule has 0 spiro atoms. The van der Waals surface area contributed by atoms with E-state index in [2.05, 4.69) is 5.32 Å². The number of nitrogens with zero attached hydrogens (tertiary/aromatic N) is 1. The maximum atomic E-state index is 13.1. The van der Waals surface area contributed by atoms with Gasteiger partial charge in [-0.15, -0.1) is 0 Å². The molecular formula is C19H22N2O4S. The van der Waals surface area contributed by atoms with E-state index >= 15 is 0 Å². The van der Waals surface area contributed by atoms with Gasteiger partial charge in [-0.3, -0.25) is 9.10 Å². The lowest BCUT2D eigenvalue weighted by atomic mass is 9.90. The highest BCUT2D eigenvalue weighted by Gasteiger charge is 2.35.